The number of nitrogens with zero attached hydrogens (tertiary/aromatic N) is 2. The Morgan fingerprint density at radius 1 is 0.308 bits per heavy atom. The van der Waals surface area contributed by atoms with Crippen molar-refractivity contribution in [2.24, 2.45) is 0 Å². The third-order valence-electron chi connectivity index (χ3n) is 10.3. The number of anilines is 3. The van der Waals surface area contributed by atoms with E-state index in [1.165, 1.54) is 65.6 Å². The molecular weight excluding hydrogens is 629 g/mol. The predicted molar refractivity (Wildman–Crippen MR) is 221 cm³/mol. The highest BCUT2D eigenvalue weighted by atomic mass is 15.1. The van der Waals surface area contributed by atoms with Gasteiger partial charge in [0.1, 0.15) is 0 Å². The summed E-state index contributed by atoms with van der Waals surface area (Å²) in [7, 11) is 0. The molecule has 52 heavy (non-hydrogen) atoms. The summed E-state index contributed by atoms with van der Waals surface area (Å²) in [5, 5.41) is 7.43. The normalized spacial score (nSPS) is 11.5. The van der Waals surface area contributed by atoms with E-state index in [4.69, 9.17) is 0 Å². The molecule has 0 unspecified atom stereocenters. The van der Waals surface area contributed by atoms with Crippen LogP contribution in [0.5, 0.6) is 0 Å². The molecule has 2 nitrogen and oxygen atoms in total. The van der Waals surface area contributed by atoms with Gasteiger partial charge in [-0.3, -0.25) is 0 Å². The van der Waals surface area contributed by atoms with Crippen molar-refractivity contribution >= 4 is 60.4 Å². The van der Waals surface area contributed by atoms with Gasteiger partial charge in [0.15, 0.2) is 0 Å². The molecule has 10 rings (SSSR count). The van der Waals surface area contributed by atoms with Crippen LogP contribution in [0.2, 0.25) is 0 Å². The van der Waals surface area contributed by atoms with Crippen molar-refractivity contribution < 1.29 is 0 Å². The maximum Gasteiger partial charge on any atom is 0.0620 e. The van der Waals surface area contributed by atoms with E-state index in [0.29, 0.717) is 0 Å². The van der Waals surface area contributed by atoms with Crippen molar-refractivity contribution in [2.45, 2.75) is 0 Å². The standard InChI is InChI=1S/C50H34N2/c1-3-12-35(13-4-1)40-16-11-19-44(33-40)51(43-28-24-37(25-29-43)41-23-22-36-14-7-8-15-39(36)32-41)45-30-26-38-27-31-47-46-20-9-10-21-49(46)52(50(47)48(38)34-45)42-17-5-2-6-18-42/h1-34H. The smallest absolute Gasteiger partial charge is 0.0620 e. The lowest BCUT2D eigenvalue weighted by molar-refractivity contribution is 1.19. The van der Waals surface area contributed by atoms with E-state index in [0.717, 1.165) is 22.7 Å². The number of aromatic nitrogens is 1. The molecule has 0 atom stereocenters. The first-order valence-electron chi connectivity index (χ1n) is 17.8. The maximum absolute atomic E-state index is 2.43. The molecule has 0 bridgehead atoms. The van der Waals surface area contributed by atoms with E-state index in [1.807, 2.05) is 0 Å². The van der Waals surface area contributed by atoms with Crippen LogP contribution < -0.4 is 4.90 Å². The maximum atomic E-state index is 2.43. The molecule has 0 N–H and O–H groups in total. The van der Waals surface area contributed by atoms with Gasteiger partial charge in [-0.15, -0.1) is 0 Å². The quantitative estimate of drug-likeness (QED) is 0.172. The van der Waals surface area contributed by atoms with E-state index < -0.39 is 0 Å². The summed E-state index contributed by atoms with van der Waals surface area (Å²) in [5.74, 6) is 0. The number of hydrogen-bond donors (Lipinski definition) is 0. The fourth-order valence-corrected chi connectivity index (χ4v) is 7.83. The molecule has 0 aliphatic carbocycles. The summed E-state index contributed by atoms with van der Waals surface area (Å²) in [6.45, 7) is 0. The average Bonchev–Trinajstić information content (AvgIpc) is 3.57. The topological polar surface area (TPSA) is 8.17 Å². The molecule has 0 fully saturated rings. The van der Waals surface area contributed by atoms with Gasteiger partial charge >= 0.3 is 0 Å². The molecule has 2 heteroatoms. The Hall–Kier alpha value is -6.90. The molecule has 0 aliphatic rings. The van der Waals surface area contributed by atoms with Crippen molar-refractivity contribution in [2.75, 3.05) is 4.90 Å². The molecule has 0 radical (unpaired) electrons. The summed E-state index contributed by atoms with van der Waals surface area (Å²) in [6.07, 6.45) is 0. The molecular formula is C50H34N2. The van der Waals surface area contributed by atoms with E-state index in [2.05, 4.69) is 216 Å². The molecule has 1 aromatic heterocycles. The van der Waals surface area contributed by atoms with Crippen molar-refractivity contribution in [3.05, 3.63) is 206 Å². The van der Waals surface area contributed by atoms with Gasteiger partial charge in [0.2, 0.25) is 0 Å². The van der Waals surface area contributed by atoms with Gasteiger partial charge in [-0.25, -0.2) is 0 Å². The first-order chi connectivity index (χ1) is 25.8. The summed E-state index contributed by atoms with van der Waals surface area (Å²) in [5.41, 5.74) is 11.7. The van der Waals surface area contributed by atoms with Gasteiger partial charge in [0, 0.05) is 38.9 Å². The van der Waals surface area contributed by atoms with Crippen LogP contribution in [0.3, 0.4) is 0 Å². The highest BCUT2D eigenvalue weighted by molar-refractivity contribution is 6.19. The second-order valence-corrected chi connectivity index (χ2v) is 13.4. The number of rotatable bonds is 6. The molecule has 1 heterocycles. The Labute approximate surface area is 303 Å². The van der Waals surface area contributed by atoms with Crippen LogP contribution in [0.25, 0.3) is 71.3 Å². The highest BCUT2D eigenvalue weighted by Gasteiger charge is 2.18. The molecule has 9 aromatic carbocycles. The van der Waals surface area contributed by atoms with Crippen molar-refractivity contribution in [1.29, 1.82) is 0 Å². The fourth-order valence-electron chi connectivity index (χ4n) is 7.83. The Balaban J connectivity index is 1.18. The molecule has 0 aliphatic heterocycles. The Morgan fingerprint density at radius 3 is 1.75 bits per heavy atom. The minimum atomic E-state index is 1.10. The zero-order valence-corrected chi connectivity index (χ0v) is 28.5. The van der Waals surface area contributed by atoms with E-state index in [9.17, 15) is 0 Å². The molecule has 244 valence electrons. The third kappa shape index (κ3) is 5.12. The second-order valence-electron chi connectivity index (χ2n) is 13.4. The van der Waals surface area contributed by atoms with Crippen molar-refractivity contribution in [1.82, 2.24) is 4.57 Å². The second kappa shape index (κ2) is 12.5. The zero-order valence-electron chi connectivity index (χ0n) is 28.5. The van der Waals surface area contributed by atoms with Crippen LogP contribution in [0.15, 0.2) is 206 Å². The fraction of sp³-hybridized carbons (Fsp3) is 0. The van der Waals surface area contributed by atoms with Gasteiger partial charge < -0.3 is 9.47 Å². The highest BCUT2D eigenvalue weighted by Crippen LogP contribution is 2.42. The first-order valence-corrected chi connectivity index (χ1v) is 17.8. The summed E-state index contributed by atoms with van der Waals surface area (Å²) in [4.78, 5) is 2.39. The first kappa shape index (κ1) is 30.0. The monoisotopic (exact) mass is 662 g/mol. The van der Waals surface area contributed by atoms with Gasteiger partial charge in [0.25, 0.3) is 0 Å². The predicted octanol–water partition coefficient (Wildman–Crippen LogP) is 13.9. The van der Waals surface area contributed by atoms with Crippen LogP contribution >= 0.6 is 0 Å². The van der Waals surface area contributed by atoms with Gasteiger partial charge in [0.05, 0.1) is 11.0 Å². The Morgan fingerprint density at radius 2 is 0.904 bits per heavy atom. The summed E-state index contributed by atoms with van der Waals surface area (Å²) >= 11 is 0. The Bertz CT molecular complexity index is 2890. The SMILES string of the molecule is c1ccc(-c2cccc(N(c3ccc(-c4ccc5ccccc5c4)cc3)c3ccc4ccc5c6ccccc6n(-c6ccccc6)c5c4c3)c2)cc1. The van der Waals surface area contributed by atoms with Crippen LogP contribution in [0.4, 0.5) is 17.1 Å². The average molecular weight is 663 g/mol. The molecule has 0 saturated carbocycles. The number of hydrogen-bond acceptors (Lipinski definition) is 1. The minimum Gasteiger partial charge on any atom is -0.310 e. The van der Waals surface area contributed by atoms with E-state index in [-0.39, 0.29) is 0 Å². The van der Waals surface area contributed by atoms with E-state index >= 15 is 0 Å². The lowest BCUT2D eigenvalue weighted by Crippen LogP contribution is -2.10. The van der Waals surface area contributed by atoms with Crippen molar-refractivity contribution in [3.63, 3.8) is 0 Å². The minimum absolute atomic E-state index is 1.10. The zero-order chi connectivity index (χ0) is 34.4. The van der Waals surface area contributed by atoms with Gasteiger partial charge in [-0.1, -0.05) is 146 Å². The number of fused-ring (bicyclic) bond motifs is 6. The number of benzene rings is 9. The largest absolute Gasteiger partial charge is 0.310 e. The summed E-state index contributed by atoms with van der Waals surface area (Å²) in [6, 6.07) is 74.7. The number of para-hydroxylation sites is 2. The molecule has 0 spiro atoms. The Kier molecular flexibility index (Phi) is 7.18. The van der Waals surface area contributed by atoms with Gasteiger partial charge in [-0.05, 0) is 99.1 Å². The lowest BCUT2D eigenvalue weighted by atomic mass is 10.00. The molecule has 0 amide bonds. The summed E-state index contributed by atoms with van der Waals surface area (Å²) < 4.78 is 2.43. The van der Waals surface area contributed by atoms with Crippen LogP contribution in [-0.4, -0.2) is 4.57 Å². The third-order valence-corrected chi connectivity index (χ3v) is 10.3. The molecule has 0 saturated heterocycles. The van der Waals surface area contributed by atoms with Crippen LogP contribution in [-0.2, 0) is 0 Å². The van der Waals surface area contributed by atoms with Crippen LogP contribution in [0.1, 0.15) is 0 Å². The molecule has 10 aromatic rings. The van der Waals surface area contributed by atoms with E-state index in [1.54, 1.807) is 0 Å². The van der Waals surface area contributed by atoms with Crippen molar-refractivity contribution in [3.8, 4) is 27.9 Å². The van der Waals surface area contributed by atoms with Gasteiger partial charge in [-0.2, -0.15) is 0 Å². The lowest BCUT2D eigenvalue weighted by Gasteiger charge is -2.27. The van der Waals surface area contributed by atoms with Crippen LogP contribution in [0, 0.1) is 0 Å².